The second kappa shape index (κ2) is 4.80. The second-order valence-electron chi connectivity index (χ2n) is 3.87. The van der Waals surface area contributed by atoms with Crippen LogP contribution in [0, 0.1) is 11.6 Å². The highest BCUT2D eigenvalue weighted by Gasteiger charge is 2.26. The number of nitrogens with two attached hydrogens (primary N) is 1. The molecule has 6 nitrogen and oxygen atoms in total. The second-order valence-corrected chi connectivity index (χ2v) is 3.87. The van der Waals surface area contributed by atoms with Gasteiger partial charge in [0.15, 0.2) is 11.6 Å². The number of nitrogen functional groups attached to an aromatic ring is 1. The van der Waals surface area contributed by atoms with Gasteiger partial charge in [0.1, 0.15) is 16.9 Å². The molecule has 8 heteroatoms. The molecule has 106 valence electrons. The Hall–Kier alpha value is -2.64. The van der Waals surface area contributed by atoms with Crippen molar-refractivity contribution in [3.05, 3.63) is 28.8 Å². The lowest BCUT2D eigenvalue weighted by Gasteiger charge is -2.04. The number of methoxy groups -OCH3 is 2. The molecule has 3 N–H and O–H groups in total. The van der Waals surface area contributed by atoms with Gasteiger partial charge >= 0.3 is 11.9 Å². The van der Waals surface area contributed by atoms with E-state index in [1.54, 1.807) is 0 Å². The van der Waals surface area contributed by atoms with E-state index in [1.807, 2.05) is 0 Å². The van der Waals surface area contributed by atoms with Crippen molar-refractivity contribution >= 4 is 28.7 Å². The zero-order valence-electron chi connectivity index (χ0n) is 10.5. The molecular weight excluding hydrogens is 274 g/mol. The fraction of sp³-hybridized carbons (Fsp3) is 0.167. The van der Waals surface area contributed by atoms with Gasteiger partial charge in [0.05, 0.1) is 25.1 Å². The van der Waals surface area contributed by atoms with Gasteiger partial charge in [-0.3, -0.25) is 0 Å². The Morgan fingerprint density at radius 3 is 2.30 bits per heavy atom. The number of carbonyl (C=O) groups excluding carboxylic acids is 2. The number of H-pyrrole nitrogens is 1. The number of rotatable bonds is 2. The molecule has 0 aliphatic carbocycles. The molecule has 0 fully saturated rings. The maximum Gasteiger partial charge on any atom is 0.342 e. The molecule has 0 bridgehead atoms. The van der Waals surface area contributed by atoms with E-state index >= 15 is 0 Å². The molecule has 1 aromatic heterocycles. The molecule has 1 aromatic carbocycles. The summed E-state index contributed by atoms with van der Waals surface area (Å²) in [6.07, 6.45) is 0. The monoisotopic (exact) mass is 284 g/mol. The number of hydrogen-bond donors (Lipinski definition) is 2. The third-order valence-electron chi connectivity index (χ3n) is 2.79. The van der Waals surface area contributed by atoms with E-state index < -0.39 is 29.1 Å². The lowest BCUT2D eigenvalue weighted by Crippen LogP contribution is -2.08. The van der Waals surface area contributed by atoms with Gasteiger partial charge in [-0.25, -0.2) is 18.4 Å². The Bertz CT molecular complexity index is 724. The average Bonchev–Trinajstić information content (AvgIpc) is 2.77. The highest BCUT2D eigenvalue weighted by atomic mass is 19.2. The molecule has 0 saturated carbocycles. The zero-order chi connectivity index (χ0) is 15.0. The first kappa shape index (κ1) is 13.8. The quantitative estimate of drug-likeness (QED) is 0.817. The summed E-state index contributed by atoms with van der Waals surface area (Å²) in [6, 6.07) is 1.02. The number of anilines is 1. The number of aromatic amines is 1. The van der Waals surface area contributed by atoms with Crippen LogP contribution in [0.4, 0.5) is 14.6 Å². The first-order valence-electron chi connectivity index (χ1n) is 5.38. The van der Waals surface area contributed by atoms with Crippen molar-refractivity contribution in [1.82, 2.24) is 4.98 Å². The molecule has 0 spiro atoms. The van der Waals surface area contributed by atoms with Crippen molar-refractivity contribution in [2.24, 2.45) is 0 Å². The summed E-state index contributed by atoms with van der Waals surface area (Å²) < 4.78 is 36.7. The Morgan fingerprint density at radius 2 is 1.75 bits per heavy atom. The third kappa shape index (κ3) is 1.85. The van der Waals surface area contributed by atoms with Gasteiger partial charge in [-0.05, 0) is 6.07 Å². The minimum atomic E-state index is -1.42. The maximum absolute atomic E-state index is 14.1. The van der Waals surface area contributed by atoms with E-state index in [4.69, 9.17) is 5.73 Å². The molecule has 0 amide bonds. The molecule has 0 saturated heterocycles. The summed E-state index contributed by atoms with van der Waals surface area (Å²) in [4.78, 5) is 25.4. The minimum Gasteiger partial charge on any atom is -0.465 e. The van der Waals surface area contributed by atoms with Crippen LogP contribution in [0.5, 0.6) is 0 Å². The average molecular weight is 284 g/mol. The first-order valence-corrected chi connectivity index (χ1v) is 5.38. The molecule has 0 unspecified atom stereocenters. The summed E-state index contributed by atoms with van der Waals surface area (Å²) >= 11 is 0. The topological polar surface area (TPSA) is 94.4 Å². The molecule has 2 aromatic rings. The maximum atomic E-state index is 14.1. The van der Waals surface area contributed by atoms with E-state index in [0.29, 0.717) is 0 Å². The molecular formula is C12H10F2N2O4. The fourth-order valence-corrected chi connectivity index (χ4v) is 1.88. The van der Waals surface area contributed by atoms with Gasteiger partial charge in [-0.2, -0.15) is 0 Å². The Morgan fingerprint density at radius 1 is 1.15 bits per heavy atom. The Labute approximate surface area is 111 Å². The van der Waals surface area contributed by atoms with Crippen LogP contribution >= 0.6 is 0 Å². The van der Waals surface area contributed by atoms with Crippen molar-refractivity contribution < 1.29 is 27.8 Å². The van der Waals surface area contributed by atoms with E-state index in [9.17, 15) is 18.4 Å². The van der Waals surface area contributed by atoms with Crippen LogP contribution in [-0.2, 0) is 9.47 Å². The number of carbonyl (C=O) groups is 2. The Balaban J connectivity index is 2.84. The van der Waals surface area contributed by atoms with Crippen LogP contribution < -0.4 is 5.73 Å². The van der Waals surface area contributed by atoms with E-state index in [-0.39, 0.29) is 22.3 Å². The van der Waals surface area contributed by atoms with Crippen LogP contribution in [0.15, 0.2) is 6.07 Å². The first-order chi connectivity index (χ1) is 9.42. The number of ether oxygens (including phenoxy) is 2. The van der Waals surface area contributed by atoms with Gasteiger partial charge in [0.2, 0.25) is 0 Å². The minimum absolute atomic E-state index is 0.0119. The SMILES string of the molecule is COC(=O)c1cc2[nH]c(N)c(C(=O)OC)c2c(F)c1F. The molecule has 0 atom stereocenters. The summed E-state index contributed by atoms with van der Waals surface area (Å²) in [5.74, 6) is -4.95. The van der Waals surface area contributed by atoms with Crippen LogP contribution in [-0.4, -0.2) is 31.1 Å². The molecule has 2 rings (SSSR count). The number of hydrogen-bond acceptors (Lipinski definition) is 5. The summed E-state index contributed by atoms with van der Waals surface area (Å²) in [5, 5.41) is -0.375. The van der Waals surface area contributed by atoms with Crippen molar-refractivity contribution in [3.8, 4) is 0 Å². The van der Waals surface area contributed by atoms with Crippen LogP contribution in [0.2, 0.25) is 0 Å². The highest BCUT2D eigenvalue weighted by molar-refractivity contribution is 6.10. The van der Waals surface area contributed by atoms with Crippen molar-refractivity contribution in [2.45, 2.75) is 0 Å². The predicted molar refractivity (Wildman–Crippen MR) is 65.3 cm³/mol. The smallest absolute Gasteiger partial charge is 0.342 e. The molecule has 0 aliphatic heterocycles. The zero-order valence-corrected chi connectivity index (χ0v) is 10.5. The number of benzene rings is 1. The molecule has 1 heterocycles. The molecule has 0 aliphatic rings. The van der Waals surface area contributed by atoms with Crippen LogP contribution in [0.3, 0.4) is 0 Å². The van der Waals surface area contributed by atoms with Gasteiger partial charge < -0.3 is 20.2 Å². The number of fused-ring (bicyclic) bond motifs is 1. The van der Waals surface area contributed by atoms with Gasteiger partial charge in [0.25, 0.3) is 0 Å². The van der Waals surface area contributed by atoms with Crippen LogP contribution in [0.1, 0.15) is 20.7 Å². The largest absolute Gasteiger partial charge is 0.465 e. The fourth-order valence-electron chi connectivity index (χ4n) is 1.88. The summed E-state index contributed by atoms with van der Waals surface area (Å²) in [6.45, 7) is 0. The highest BCUT2D eigenvalue weighted by Crippen LogP contribution is 2.31. The molecule has 20 heavy (non-hydrogen) atoms. The number of nitrogens with one attached hydrogen (secondary N) is 1. The Kier molecular flexibility index (Phi) is 3.31. The van der Waals surface area contributed by atoms with Crippen LogP contribution in [0.25, 0.3) is 10.9 Å². The third-order valence-corrected chi connectivity index (χ3v) is 2.79. The lowest BCUT2D eigenvalue weighted by atomic mass is 10.1. The van der Waals surface area contributed by atoms with E-state index in [0.717, 1.165) is 20.3 Å². The number of aromatic nitrogens is 1. The summed E-state index contributed by atoms with van der Waals surface area (Å²) in [5.41, 5.74) is 4.61. The van der Waals surface area contributed by atoms with E-state index in [2.05, 4.69) is 14.5 Å². The van der Waals surface area contributed by atoms with Crippen molar-refractivity contribution in [2.75, 3.05) is 20.0 Å². The van der Waals surface area contributed by atoms with Gasteiger partial charge in [0, 0.05) is 0 Å². The number of esters is 2. The van der Waals surface area contributed by atoms with Gasteiger partial charge in [-0.15, -0.1) is 0 Å². The number of halogens is 2. The predicted octanol–water partition coefficient (Wildman–Crippen LogP) is 1.60. The molecule has 0 radical (unpaired) electrons. The van der Waals surface area contributed by atoms with Crippen molar-refractivity contribution in [1.29, 1.82) is 0 Å². The standard InChI is InChI=1S/C12H10F2N2O4/c1-19-11(17)4-3-5-6(9(14)8(4)13)7(10(15)16-5)12(18)20-2/h3,16H,15H2,1-2H3. The van der Waals surface area contributed by atoms with Gasteiger partial charge in [-0.1, -0.05) is 0 Å². The van der Waals surface area contributed by atoms with Crippen molar-refractivity contribution in [3.63, 3.8) is 0 Å². The summed E-state index contributed by atoms with van der Waals surface area (Å²) in [7, 11) is 2.12. The lowest BCUT2D eigenvalue weighted by molar-refractivity contribution is 0.0590. The normalized spacial score (nSPS) is 10.6. The van der Waals surface area contributed by atoms with E-state index in [1.165, 1.54) is 0 Å².